The van der Waals surface area contributed by atoms with Crippen LogP contribution in [0.1, 0.15) is 0 Å². The molecule has 8 heteroatoms. The Labute approximate surface area is 134 Å². The number of H-pyrrole nitrogens is 1. The Hall–Kier alpha value is -2.74. The van der Waals surface area contributed by atoms with Crippen molar-refractivity contribution in [3.05, 3.63) is 52.8 Å². The number of hydrogen-bond donors (Lipinski definition) is 1. The Morgan fingerprint density at radius 1 is 1.09 bits per heavy atom. The number of fused-ring (bicyclic) bond motifs is 1. The third kappa shape index (κ3) is 2.27. The van der Waals surface area contributed by atoms with Gasteiger partial charge in [-0.15, -0.1) is 0 Å². The standard InChI is InChI=1S/C15H9F2N3O2S/c16-8-1-3-10(11(17)5-8)14-18-19-15(23)20(14)9-2-4-12-13(6-9)22-7-21-12/h1-6H,7H2,(H,19,23). The Morgan fingerprint density at radius 3 is 2.74 bits per heavy atom. The molecule has 23 heavy (non-hydrogen) atoms. The van der Waals surface area contributed by atoms with Crippen LogP contribution in [0.4, 0.5) is 8.78 Å². The van der Waals surface area contributed by atoms with Crippen LogP contribution < -0.4 is 9.47 Å². The molecule has 5 nitrogen and oxygen atoms in total. The Morgan fingerprint density at radius 2 is 1.91 bits per heavy atom. The lowest BCUT2D eigenvalue weighted by molar-refractivity contribution is 0.174. The van der Waals surface area contributed by atoms with Crippen molar-refractivity contribution in [2.45, 2.75) is 0 Å². The van der Waals surface area contributed by atoms with Crippen LogP contribution in [0.2, 0.25) is 0 Å². The van der Waals surface area contributed by atoms with Gasteiger partial charge in [-0.05, 0) is 36.5 Å². The zero-order chi connectivity index (χ0) is 16.0. The second-order valence-corrected chi connectivity index (χ2v) is 5.24. The molecule has 0 radical (unpaired) electrons. The second kappa shape index (κ2) is 5.17. The van der Waals surface area contributed by atoms with Crippen LogP contribution in [0.25, 0.3) is 17.1 Å². The van der Waals surface area contributed by atoms with Gasteiger partial charge in [-0.2, -0.15) is 5.10 Å². The number of nitrogens with zero attached hydrogens (tertiary/aromatic N) is 2. The summed E-state index contributed by atoms with van der Waals surface area (Å²) in [7, 11) is 0. The van der Waals surface area contributed by atoms with Gasteiger partial charge < -0.3 is 9.47 Å². The molecule has 1 aliphatic rings. The van der Waals surface area contributed by atoms with Crippen molar-refractivity contribution < 1.29 is 18.3 Å². The predicted molar refractivity (Wildman–Crippen MR) is 80.2 cm³/mol. The van der Waals surface area contributed by atoms with Gasteiger partial charge in [-0.25, -0.2) is 8.78 Å². The first-order valence-electron chi connectivity index (χ1n) is 6.66. The van der Waals surface area contributed by atoms with Gasteiger partial charge in [-0.1, -0.05) is 0 Å². The summed E-state index contributed by atoms with van der Waals surface area (Å²) in [6, 6.07) is 8.50. The lowest BCUT2D eigenvalue weighted by Crippen LogP contribution is -1.99. The average Bonchev–Trinajstić information content (AvgIpc) is 3.13. The number of rotatable bonds is 2. The Bertz CT molecular complexity index is 968. The van der Waals surface area contributed by atoms with E-state index in [1.54, 1.807) is 22.8 Å². The first kappa shape index (κ1) is 13.9. The number of hydrogen-bond acceptors (Lipinski definition) is 4. The summed E-state index contributed by atoms with van der Waals surface area (Å²) in [5, 5.41) is 6.68. The highest BCUT2D eigenvalue weighted by Crippen LogP contribution is 2.35. The van der Waals surface area contributed by atoms with E-state index in [1.807, 2.05) is 0 Å². The second-order valence-electron chi connectivity index (χ2n) is 4.85. The maximum Gasteiger partial charge on any atom is 0.231 e. The number of ether oxygens (including phenoxy) is 2. The largest absolute Gasteiger partial charge is 0.454 e. The Balaban J connectivity index is 1.90. The van der Waals surface area contributed by atoms with Gasteiger partial charge in [0.05, 0.1) is 11.3 Å². The van der Waals surface area contributed by atoms with Crippen LogP contribution >= 0.6 is 12.2 Å². The molecule has 2 aromatic carbocycles. The van der Waals surface area contributed by atoms with E-state index in [-0.39, 0.29) is 23.0 Å². The van der Waals surface area contributed by atoms with Gasteiger partial charge >= 0.3 is 0 Å². The van der Waals surface area contributed by atoms with E-state index in [1.165, 1.54) is 12.1 Å². The molecule has 0 atom stereocenters. The molecule has 0 spiro atoms. The van der Waals surface area contributed by atoms with E-state index in [0.29, 0.717) is 17.2 Å². The lowest BCUT2D eigenvalue weighted by atomic mass is 10.2. The highest BCUT2D eigenvalue weighted by molar-refractivity contribution is 7.71. The molecule has 0 fully saturated rings. The number of halogens is 2. The normalized spacial score (nSPS) is 12.6. The first-order chi connectivity index (χ1) is 11.1. The molecule has 4 rings (SSSR count). The summed E-state index contributed by atoms with van der Waals surface area (Å²) in [6.45, 7) is 0.148. The predicted octanol–water partition coefficient (Wildman–Crippen LogP) is 3.60. The monoisotopic (exact) mass is 333 g/mol. The maximum atomic E-state index is 14.1. The van der Waals surface area contributed by atoms with Gasteiger partial charge in [0.2, 0.25) is 6.79 Å². The number of nitrogens with one attached hydrogen (secondary N) is 1. The van der Waals surface area contributed by atoms with Gasteiger partial charge in [-0.3, -0.25) is 9.67 Å². The highest BCUT2D eigenvalue weighted by atomic mass is 32.1. The van der Waals surface area contributed by atoms with Crippen molar-refractivity contribution in [1.82, 2.24) is 14.8 Å². The van der Waals surface area contributed by atoms with Crippen LogP contribution in [0, 0.1) is 16.4 Å². The van der Waals surface area contributed by atoms with Crippen molar-refractivity contribution in [3.63, 3.8) is 0 Å². The van der Waals surface area contributed by atoms with E-state index in [9.17, 15) is 8.78 Å². The summed E-state index contributed by atoms with van der Waals surface area (Å²) in [5.41, 5.74) is 0.767. The third-order valence-electron chi connectivity index (χ3n) is 3.46. The summed E-state index contributed by atoms with van der Waals surface area (Å²) in [5.74, 6) is 0.0526. The summed E-state index contributed by atoms with van der Waals surface area (Å²) < 4.78 is 39.6. The summed E-state index contributed by atoms with van der Waals surface area (Å²) >= 11 is 5.23. The molecule has 1 aromatic heterocycles. The minimum atomic E-state index is -0.721. The Kier molecular flexibility index (Phi) is 3.12. The van der Waals surface area contributed by atoms with Gasteiger partial charge in [0.1, 0.15) is 11.6 Å². The molecule has 0 saturated carbocycles. The smallest absolute Gasteiger partial charge is 0.231 e. The fourth-order valence-corrected chi connectivity index (χ4v) is 2.65. The molecule has 0 amide bonds. The van der Waals surface area contributed by atoms with Crippen molar-refractivity contribution in [3.8, 4) is 28.6 Å². The number of aromatic amines is 1. The molecule has 1 N–H and O–H groups in total. The zero-order valence-corrected chi connectivity index (χ0v) is 12.4. The van der Waals surface area contributed by atoms with E-state index in [0.717, 1.165) is 6.07 Å². The molecule has 116 valence electrons. The lowest BCUT2D eigenvalue weighted by Gasteiger charge is -2.08. The summed E-state index contributed by atoms with van der Waals surface area (Å²) in [4.78, 5) is 0. The quantitative estimate of drug-likeness (QED) is 0.728. The van der Waals surface area contributed by atoms with Crippen LogP contribution in [-0.4, -0.2) is 21.6 Å². The van der Waals surface area contributed by atoms with Gasteiger partial charge in [0.25, 0.3) is 0 Å². The molecule has 0 unspecified atom stereocenters. The number of aromatic nitrogens is 3. The molecular formula is C15H9F2N3O2S. The number of benzene rings is 2. The van der Waals surface area contributed by atoms with Gasteiger partial charge in [0, 0.05) is 12.1 Å². The van der Waals surface area contributed by atoms with Crippen molar-refractivity contribution >= 4 is 12.2 Å². The maximum absolute atomic E-state index is 14.1. The van der Waals surface area contributed by atoms with E-state index < -0.39 is 11.6 Å². The van der Waals surface area contributed by atoms with Crippen molar-refractivity contribution in [2.75, 3.05) is 6.79 Å². The molecule has 3 aromatic rings. The van der Waals surface area contributed by atoms with Crippen LogP contribution in [0.5, 0.6) is 11.5 Å². The highest BCUT2D eigenvalue weighted by Gasteiger charge is 2.18. The van der Waals surface area contributed by atoms with Crippen LogP contribution in [0.15, 0.2) is 36.4 Å². The minimum absolute atomic E-state index is 0.136. The molecular weight excluding hydrogens is 324 g/mol. The van der Waals surface area contributed by atoms with E-state index >= 15 is 0 Å². The SMILES string of the molecule is Fc1ccc(-c2n[nH]c(=S)n2-c2ccc3c(c2)OCO3)c(F)c1. The topological polar surface area (TPSA) is 52.1 Å². The van der Waals surface area contributed by atoms with Crippen molar-refractivity contribution in [1.29, 1.82) is 0 Å². The zero-order valence-electron chi connectivity index (χ0n) is 11.5. The molecule has 1 aliphatic heterocycles. The van der Waals surface area contributed by atoms with E-state index in [4.69, 9.17) is 21.7 Å². The summed E-state index contributed by atoms with van der Waals surface area (Å²) in [6.07, 6.45) is 0. The van der Waals surface area contributed by atoms with Crippen LogP contribution in [-0.2, 0) is 0 Å². The fourth-order valence-electron chi connectivity index (χ4n) is 2.41. The fraction of sp³-hybridized carbons (Fsp3) is 0.0667. The molecule has 0 aliphatic carbocycles. The molecule has 0 bridgehead atoms. The molecule has 2 heterocycles. The average molecular weight is 333 g/mol. The first-order valence-corrected chi connectivity index (χ1v) is 7.07. The third-order valence-corrected chi connectivity index (χ3v) is 3.73. The van der Waals surface area contributed by atoms with E-state index in [2.05, 4.69) is 10.2 Å². The molecule has 0 saturated heterocycles. The van der Waals surface area contributed by atoms with Gasteiger partial charge in [0.15, 0.2) is 22.1 Å². The minimum Gasteiger partial charge on any atom is -0.454 e. The van der Waals surface area contributed by atoms with Crippen molar-refractivity contribution in [2.24, 2.45) is 0 Å². The van der Waals surface area contributed by atoms with Crippen LogP contribution in [0.3, 0.4) is 0 Å².